The third kappa shape index (κ3) is 4.01. The van der Waals surface area contributed by atoms with E-state index in [4.69, 9.17) is 0 Å². The van der Waals surface area contributed by atoms with Gasteiger partial charge in [0.2, 0.25) is 0 Å². The highest BCUT2D eigenvalue weighted by molar-refractivity contribution is 5.90. The number of ketones is 1. The molecule has 0 radical (unpaired) electrons. The summed E-state index contributed by atoms with van der Waals surface area (Å²) < 4.78 is 0. The van der Waals surface area contributed by atoms with Crippen LogP contribution >= 0.6 is 0 Å². The first-order chi connectivity index (χ1) is 13.7. The zero-order valence-corrected chi connectivity index (χ0v) is 19.0. The van der Waals surface area contributed by atoms with Crippen LogP contribution in [-0.4, -0.2) is 5.78 Å². The molecule has 0 spiro atoms. The summed E-state index contributed by atoms with van der Waals surface area (Å²) in [6.07, 6.45) is 1.42. The molecule has 0 aromatic heterocycles. The van der Waals surface area contributed by atoms with Gasteiger partial charge in [-0.05, 0) is 67.4 Å². The van der Waals surface area contributed by atoms with Crippen LogP contribution < -0.4 is 0 Å². The molecule has 0 N–H and O–H groups in total. The maximum atomic E-state index is 12.9. The molecule has 3 rings (SSSR count). The van der Waals surface area contributed by atoms with E-state index < -0.39 is 0 Å². The molecule has 1 aliphatic rings. The summed E-state index contributed by atoms with van der Waals surface area (Å²) in [6, 6.07) is 17.6. The van der Waals surface area contributed by atoms with E-state index in [2.05, 4.69) is 90.1 Å². The normalized spacial score (nSPS) is 18.1. The highest BCUT2D eigenvalue weighted by Crippen LogP contribution is 2.55. The molecule has 0 amide bonds. The highest BCUT2D eigenvalue weighted by Gasteiger charge is 2.46. The molecule has 2 aromatic carbocycles. The summed E-state index contributed by atoms with van der Waals surface area (Å²) in [7, 11) is 0. The topological polar surface area (TPSA) is 17.1 Å². The van der Waals surface area contributed by atoms with Gasteiger partial charge in [0.25, 0.3) is 0 Å². The molecule has 0 heterocycles. The molecule has 2 aromatic rings. The van der Waals surface area contributed by atoms with E-state index in [0.717, 1.165) is 6.42 Å². The lowest BCUT2D eigenvalue weighted by Gasteiger charge is -2.28. The second kappa shape index (κ2) is 8.14. The van der Waals surface area contributed by atoms with E-state index in [0.29, 0.717) is 12.2 Å². The number of benzene rings is 2. The average molecular weight is 387 g/mol. The molecule has 1 saturated carbocycles. The smallest absolute Gasteiger partial charge is 0.136 e. The van der Waals surface area contributed by atoms with Gasteiger partial charge in [-0.25, -0.2) is 0 Å². The molecule has 1 aliphatic carbocycles. The van der Waals surface area contributed by atoms with Crippen molar-refractivity contribution in [3.8, 4) is 0 Å². The summed E-state index contributed by atoms with van der Waals surface area (Å²) in [5, 5.41) is 0. The maximum Gasteiger partial charge on any atom is 0.136 e. The van der Waals surface area contributed by atoms with Gasteiger partial charge in [0.05, 0.1) is 0 Å². The van der Waals surface area contributed by atoms with Gasteiger partial charge in [-0.1, -0.05) is 86.0 Å². The Morgan fingerprint density at radius 3 is 1.72 bits per heavy atom. The van der Waals surface area contributed by atoms with Crippen molar-refractivity contribution < 1.29 is 4.79 Å². The monoisotopic (exact) mass is 386 g/mol. The molecule has 1 unspecified atom stereocenters. The first-order valence-corrected chi connectivity index (χ1v) is 10.7. The number of Topliss-reactive ketones (excluding diaryl/α,β-unsaturated/α-hetero) is 1. The van der Waals surface area contributed by atoms with E-state index in [9.17, 15) is 4.79 Å². The van der Waals surface area contributed by atoms with Crippen molar-refractivity contribution in [1.82, 2.24) is 0 Å². The van der Waals surface area contributed by atoms with Crippen molar-refractivity contribution in [3.05, 3.63) is 87.5 Å². The fraction of sp³-hybridized carbons (Fsp3) is 0.393. The molecule has 29 heavy (non-hydrogen) atoms. The van der Waals surface area contributed by atoms with Crippen molar-refractivity contribution in [3.63, 3.8) is 0 Å². The minimum absolute atomic E-state index is 0.0401. The van der Waals surface area contributed by atoms with E-state index in [-0.39, 0.29) is 11.3 Å². The Balaban J connectivity index is 2.34. The lowest BCUT2D eigenvalue weighted by atomic mass is 9.74. The first-order valence-electron chi connectivity index (χ1n) is 10.7. The Bertz CT molecular complexity index is 914. The number of carbonyl (C=O) groups is 1. The van der Waals surface area contributed by atoms with E-state index in [1.165, 1.54) is 44.5 Å². The molecule has 1 heteroatoms. The van der Waals surface area contributed by atoms with Crippen molar-refractivity contribution >= 4 is 11.4 Å². The Labute approximate surface area is 176 Å². The molecule has 152 valence electrons. The predicted octanol–water partition coefficient (Wildman–Crippen LogP) is 7.47. The van der Waals surface area contributed by atoms with Crippen LogP contribution in [0, 0.1) is 25.2 Å². The molecule has 1 atom stereocenters. The Hall–Kier alpha value is -2.41. The SMILES string of the molecule is CCC(=O)C1CC(=C(c2ccc(C)cc2)c2ccc(C)cc2)C(=C(C)C)C1(C)C. The first kappa shape index (κ1) is 21.3. The zero-order chi connectivity index (χ0) is 21.3. The van der Waals surface area contributed by atoms with Gasteiger partial charge in [0.15, 0.2) is 0 Å². The number of hydrogen-bond donors (Lipinski definition) is 0. The lowest BCUT2D eigenvalue weighted by molar-refractivity contribution is -0.124. The summed E-state index contributed by atoms with van der Waals surface area (Å²) in [5.74, 6) is 0.411. The van der Waals surface area contributed by atoms with Gasteiger partial charge in [-0.15, -0.1) is 0 Å². The molecule has 0 saturated heterocycles. The Morgan fingerprint density at radius 2 is 1.34 bits per heavy atom. The van der Waals surface area contributed by atoms with Crippen LogP contribution in [0.2, 0.25) is 0 Å². The predicted molar refractivity (Wildman–Crippen MR) is 124 cm³/mol. The third-order valence-corrected chi connectivity index (χ3v) is 6.44. The Morgan fingerprint density at radius 1 is 0.897 bits per heavy atom. The van der Waals surface area contributed by atoms with Gasteiger partial charge in [-0.2, -0.15) is 0 Å². The van der Waals surface area contributed by atoms with E-state index >= 15 is 0 Å². The van der Waals surface area contributed by atoms with Gasteiger partial charge in [0, 0.05) is 12.3 Å². The lowest BCUT2D eigenvalue weighted by Crippen LogP contribution is -2.26. The fourth-order valence-electron chi connectivity index (χ4n) is 5.02. The van der Waals surface area contributed by atoms with Gasteiger partial charge >= 0.3 is 0 Å². The number of allylic oxidation sites excluding steroid dienone is 3. The quantitative estimate of drug-likeness (QED) is 0.533. The average Bonchev–Trinajstić information content (AvgIpc) is 2.95. The van der Waals surface area contributed by atoms with Crippen molar-refractivity contribution in [1.29, 1.82) is 0 Å². The summed E-state index contributed by atoms with van der Waals surface area (Å²) >= 11 is 0. The summed E-state index contributed by atoms with van der Waals surface area (Å²) in [6.45, 7) is 15.1. The minimum atomic E-state index is -0.151. The second-order valence-corrected chi connectivity index (χ2v) is 9.26. The molecular weight excluding hydrogens is 352 g/mol. The van der Waals surface area contributed by atoms with E-state index in [1.807, 2.05) is 6.92 Å². The van der Waals surface area contributed by atoms with Crippen molar-refractivity contribution in [2.75, 3.05) is 0 Å². The number of carbonyl (C=O) groups excluding carboxylic acids is 1. The number of aryl methyl sites for hydroxylation is 2. The molecule has 1 fully saturated rings. The van der Waals surface area contributed by atoms with Gasteiger partial charge in [0.1, 0.15) is 5.78 Å². The molecular formula is C28H34O. The van der Waals surface area contributed by atoms with Crippen LogP contribution in [0.5, 0.6) is 0 Å². The minimum Gasteiger partial charge on any atom is -0.299 e. The number of rotatable bonds is 4. The van der Waals surface area contributed by atoms with Crippen LogP contribution in [0.1, 0.15) is 69.7 Å². The third-order valence-electron chi connectivity index (χ3n) is 6.44. The highest BCUT2D eigenvalue weighted by atomic mass is 16.1. The Kier molecular flexibility index (Phi) is 5.98. The van der Waals surface area contributed by atoms with Crippen LogP contribution in [0.15, 0.2) is 65.3 Å². The zero-order valence-electron chi connectivity index (χ0n) is 19.0. The fourth-order valence-corrected chi connectivity index (χ4v) is 5.02. The maximum absolute atomic E-state index is 12.9. The largest absolute Gasteiger partial charge is 0.299 e. The van der Waals surface area contributed by atoms with Crippen LogP contribution in [0.4, 0.5) is 0 Å². The molecule has 0 bridgehead atoms. The molecule has 1 nitrogen and oxygen atoms in total. The summed E-state index contributed by atoms with van der Waals surface area (Å²) in [5.41, 5.74) is 10.1. The standard InChI is InChI=1S/C28H34O/c1-8-25(29)24-17-23(27(18(2)3)28(24,6)7)26(21-13-9-19(4)10-14-21)22-15-11-20(5)12-16-22/h9-16,24H,8,17H2,1-7H3. The van der Waals surface area contributed by atoms with Crippen molar-refractivity contribution in [2.45, 2.75) is 61.3 Å². The van der Waals surface area contributed by atoms with Crippen molar-refractivity contribution in [2.24, 2.45) is 11.3 Å². The molecule has 0 aliphatic heterocycles. The van der Waals surface area contributed by atoms with Gasteiger partial charge in [-0.3, -0.25) is 4.79 Å². The van der Waals surface area contributed by atoms with Gasteiger partial charge < -0.3 is 0 Å². The van der Waals surface area contributed by atoms with Crippen LogP contribution in [-0.2, 0) is 4.79 Å². The van der Waals surface area contributed by atoms with Crippen LogP contribution in [0.25, 0.3) is 5.57 Å². The number of hydrogen-bond acceptors (Lipinski definition) is 1. The van der Waals surface area contributed by atoms with Crippen LogP contribution in [0.3, 0.4) is 0 Å². The van der Waals surface area contributed by atoms with E-state index in [1.54, 1.807) is 0 Å². The second-order valence-electron chi connectivity index (χ2n) is 9.26. The summed E-state index contributed by atoms with van der Waals surface area (Å²) in [4.78, 5) is 12.9.